The Morgan fingerprint density at radius 2 is 2.10 bits per heavy atom. The van der Waals surface area contributed by atoms with Crippen molar-refractivity contribution in [3.8, 4) is 11.5 Å². The van der Waals surface area contributed by atoms with E-state index in [2.05, 4.69) is 5.32 Å². The summed E-state index contributed by atoms with van der Waals surface area (Å²) in [5.74, 6) is 1.31. The lowest BCUT2D eigenvalue weighted by Gasteiger charge is -2.12. The lowest BCUT2D eigenvalue weighted by molar-refractivity contribution is -0.121. The predicted octanol–water partition coefficient (Wildman–Crippen LogP) is 0.874. The van der Waals surface area contributed by atoms with Gasteiger partial charge in [0.15, 0.2) is 11.5 Å². The normalized spacial score (nSPS) is 16.0. The standard InChI is InChI=1S/C14H16N2O5/c17-13(3-4-16-5-6-19-14(16)18)15-8-10-1-2-11-12(7-10)21-9-20-11/h1-2,7H,3-6,8-9H2,(H,15,17). The highest BCUT2D eigenvalue weighted by molar-refractivity contribution is 5.77. The summed E-state index contributed by atoms with van der Waals surface area (Å²) in [7, 11) is 0. The summed E-state index contributed by atoms with van der Waals surface area (Å²) in [4.78, 5) is 24.5. The van der Waals surface area contributed by atoms with Gasteiger partial charge < -0.3 is 24.4 Å². The molecule has 0 saturated carbocycles. The highest BCUT2D eigenvalue weighted by Gasteiger charge is 2.22. The Morgan fingerprint density at radius 1 is 1.24 bits per heavy atom. The van der Waals surface area contributed by atoms with Crippen molar-refractivity contribution in [2.45, 2.75) is 13.0 Å². The second-order valence-corrected chi connectivity index (χ2v) is 4.82. The van der Waals surface area contributed by atoms with Crippen molar-refractivity contribution in [2.75, 3.05) is 26.5 Å². The number of nitrogens with one attached hydrogen (secondary N) is 1. The van der Waals surface area contributed by atoms with E-state index < -0.39 is 0 Å². The lowest BCUT2D eigenvalue weighted by Crippen LogP contribution is -2.31. The van der Waals surface area contributed by atoms with E-state index in [0.717, 1.165) is 11.3 Å². The number of nitrogens with zero attached hydrogens (tertiary/aromatic N) is 1. The largest absolute Gasteiger partial charge is 0.454 e. The summed E-state index contributed by atoms with van der Waals surface area (Å²) in [6, 6.07) is 5.55. The van der Waals surface area contributed by atoms with Crippen LogP contribution in [-0.2, 0) is 16.1 Å². The third-order valence-corrected chi connectivity index (χ3v) is 3.38. The number of benzene rings is 1. The third-order valence-electron chi connectivity index (χ3n) is 3.38. The number of ether oxygens (including phenoxy) is 3. The molecule has 0 radical (unpaired) electrons. The molecule has 2 aliphatic rings. The van der Waals surface area contributed by atoms with E-state index >= 15 is 0 Å². The Morgan fingerprint density at radius 3 is 2.90 bits per heavy atom. The van der Waals surface area contributed by atoms with E-state index in [1.807, 2.05) is 18.2 Å². The number of hydrogen-bond acceptors (Lipinski definition) is 5. The molecule has 1 aromatic carbocycles. The number of carbonyl (C=O) groups is 2. The van der Waals surface area contributed by atoms with Gasteiger partial charge in [-0.25, -0.2) is 4.79 Å². The first-order valence-electron chi connectivity index (χ1n) is 6.79. The second-order valence-electron chi connectivity index (χ2n) is 4.82. The van der Waals surface area contributed by atoms with Crippen LogP contribution in [0.25, 0.3) is 0 Å². The van der Waals surface area contributed by atoms with Crippen LogP contribution in [0.5, 0.6) is 11.5 Å². The molecular weight excluding hydrogens is 276 g/mol. The first-order valence-corrected chi connectivity index (χ1v) is 6.79. The van der Waals surface area contributed by atoms with Crippen LogP contribution in [-0.4, -0.2) is 43.4 Å². The number of hydrogen-bond donors (Lipinski definition) is 1. The van der Waals surface area contributed by atoms with Crippen molar-refractivity contribution >= 4 is 12.0 Å². The zero-order chi connectivity index (χ0) is 14.7. The van der Waals surface area contributed by atoms with Crippen molar-refractivity contribution in [2.24, 2.45) is 0 Å². The van der Waals surface area contributed by atoms with Crippen molar-refractivity contribution in [1.29, 1.82) is 0 Å². The summed E-state index contributed by atoms with van der Waals surface area (Å²) in [5.41, 5.74) is 0.938. The minimum atomic E-state index is -0.349. The Bertz CT molecular complexity index is 560. The van der Waals surface area contributed by atoms with Gasteiger partial charge in [-0.05, 0) is 17.7 Å². The van der Waals surface area contributed by atoms with Gasteiger partial charge in [0.05, 0.1) is 6.54 Å². The molecule has 0 bridgehead atoms. The third kappa shape index (κ3) is 3.18. The van der Waals surface area contributed by atoms with Gasteiger partial charge in [-0.15, -0.1) is 0 Å². The SMILES string of the molecule is O=C(CCN1CCOC1=O)NCc1ccc2c(c1)OCO2. The van der Waals surface area contributed by atoms with Crippen molar-refractivity contribution in [3.05, 3.63) is 23.8 Å². The molecule has 3 rings (SSSR count). The number of fused-ring (bicyclic) bond motifs is 1. The van der Waals surface area contributed by atoms with E-state index in [1.54, 1.807) is 0 Å². The van der Waals surface area contributed by atoms with Gasteiger partial charge in [-0.2, -0.15) is 0 Å². The Balaban J connectivity index is 1.44. The molecule has 7 heteroatoms. The van der Waals surface area contributed by atoms with E-state index in [-0.39, 0.29) is 25.2 Å². The molecule has 1 fully saturated rings. The zero-order valence-corrected chi connectivity index (χ0v) is 11.5. The monoisotopic (exact) mass is 292 g/mol. The quantitative estimate of drug-likeness (QED) is 0.871. The zero-order valence-electron chi connectivity index (χ0n) is 11.5. The Hall–Kier alpha value is -2.44. The van der Waals surface area contributed by atoms with Crippen LogP contribution in [0.1, 0.15) is 12.0 Å². The molecule has 0 atom stereocenters. The molecule has 0 aliphatic carbocycles. The molecule has 0 aromatic heterocycles. The molecule has 0 unspecified atom stereocenters. The summed E-state index contributed by atoms with van der Waals surface area (Å²) in [6.45, 7) is 1.98. The van der Waals surface area contributed by atoms with Gasteiger partial charge >= 0.3 is 6.09 Å². The second kappa shape index (κ2) is 5.90. The van der Waals surface area contributed by atoms with Crippen LogP contribution >= 0.6 is 0 Å². The van der Waals surface area contributed by atoms with Gasteiger partial charge in [0.1, 0.15) is 6.61 Å². The summed E-state index contributed by atoms with van der Waals surface area (Å²) in [5, 5.41) is 2.81. The van der Waals surface area contributed by atoms with Gasteiger partial charge in [0.25, 0.3) is 0 Å². The van der Waals surface area contributed by atoms with Crippen LogP contribution in [0.3, 0.4) is 0 Å². The lowest BCUT2D eigenvalue weighted by atomic mass is 10.2. The minimum absolute atomic E-state index is 0.104. The molecule has 2 amide bonds. The molecule has 21 heavy (non-hydrogen) atoms. The summed E-state index contributed by atoms with van der Waals surface area (Å²) < 4.78 is 15.3. The molecule has 1 N–H and O–H groups in total. The first kappa shape index (κ1) is 13.5. The smallest absolute Gasteiger partial charge is 0.409 e. The number of rotatable bonds is 5. The maximum atomic E-state index is 11.8. The average molecular weight is 292 g/mol. The maximum absolute atomic E-state index is 11.8. The van der Waals surface area contributed by atoms with Crippen LogP contribution in [0.2, 0.25) is 0 Å². The summed E-state index contributed by atoms with van der Waals surface area (Å²) >= 11 is 0. The summed E-state index contributed by atoms with van der Waals surface area (Å²) in [6.07, 6.45) is -0.0850. The molecule has 1 saturated heterocycles. The fourth-order valence-electron chi connectivity index (χ4n) is 2.21. The predicted molar refractivity (Wildman–Crippen MR) is 71.9 cm³/mol. The highest BCUT2D eigenvalue weighted by atomic mass is 16.7. The molecule has 112 valence electrons. The fourth-order valence-corrected chi connectivity index (χ4v) is 2.21. The molecule has 1 aromatic rings. The molecule has 7 nitrogen and oxygen atoms in total. The van der Waals surface area contributed by atoms with Crippen LogP contribution in [0.4, 0.5) is 4.79 Å². The van der Waals surface area contributed by atoms with Gasteiger partial charge in [-0.3, -0.25) is 4.79 Å². The molecule has 2 aliphatic heterocycles. The Labute approximate surface area is 121 Å². The molecule has 2 heterocycles. The van der Waals surface area contributed by atoms with Gasteiger partial charge in [-0.1, -0.05) is 6.07 Å². The topological polar surface area (TPSA) is 77.1 Å². The molecule has 0 spiro atoms. The van der Waals surface area contributed by atoms with Crippen LogP contribution in [0.15, 0.2) is 18.2 Å². The fraction of sp³-hybridized carbons (Fsp3) is 0.429. The van der Waals surface area contributed by atoms with Gasteiger partial charge in [0.2, 0.25) is 12.7 Å². The van der Waals surface area contributed by atoms with Crippen LogP contribution in [0, 0.1) is 0 Å². The van der Waals surface area contributed by atoms with E-state index in [0.29, 0.717) is 32.0 Å². The number of carbonyl (C=O) groups excluding carboxylic acids is 2. The van der Waals surface area contributed by atoms with E-state index in [4.69, 9.17) is 14.2 Å². The highest BCUT2D eigenvalue weighted by Crippen LogP contribution is 2.32. The maximum Gasteiger partial charge on any atom is 0.409 e. The van der Waals surface area contributed by atoms with Crippen LogP contribution < -0.4 is 14.8 Å². The minimum Gasteiger partial charge on any atom is -0.454 e. The Kier molecular flexibility index (Phi) is 3.81. The van der Waals surface area contributed by atoms with Gasteiger partial charge in [0, 0.05) is 19.5 Å². The average Bonchev–Trinajstić information content (AvgIpc) is 3.11. The van der Waals surface area contributed by atoms with Crippen molar-refractivity contribution < 1.29 is 23.8 Å². The van der Waals surface area contributed by atoms with Crippen molar-refractivity contribution in [1.82, 2.24) is 10.2 Å². The molecular formula is C14H16N2O5. The first-order chi connectivity index (χ1) is 10.2. The van der Waals surface area contributed by atoms with E-state index in [1.165, 1.54) is 4.90 Å². The van der Waals surface area contributed by atoms with E-state index in [9.17, 15) is 9.59 Å². The number of cyclic esters (lactones) is 1. The number of amides is 2. The van der Waals surface area contributed by atoms with Crippen molar-refractivity contribution in [3.63, 3.8) is 0 Å².